The van der Waals surface area contributed by atoms with Gasteiger partial charge in [-0.3, -0.25) is 4.79 Å². The van der Waals surface area contributed by atoms with E-state index in [4.69, 9.17) is 0 Å². The number of hydrogen-bond acceptors (Lipinski definition) is 2. The number of carbonyl (C=O) groups excluding carboxylic acids is 1. The first-order valence-corrected chi connectivity index (χ1v) is 6.74. The number of rotatable bonds is 2. The predicted octanol–water partition coefficient (Wildman–Crippen LogP) is 1.94. The van der Waals surface area contributed by atoms with Gasteiger partial charge in [-0.25, -0.2) is 0 Å². The van der Waals surface area contributed by atoms with Crippen LogP contribution >= 0.6 is 0 Å². The van der Waals surface area contributed by atoms with Crippen LogP contribution in [0.4, 0.5) is 0 Å². The third-order valence-electron chi connectivity index (χ3n) is 4.64. The van der Waals surface area contributed by atoms with Gasteiger partial charge in [0, 0.05) is 31.8 Å². The lowest BCUT2D eigenvalue weighted by Crippen LogP contribution is -2.44. The van der Waals surface area contributed by atoms with Crippen LogP contribution in [0.5, 0.6) is 0 Å². The van der Waals surface area contributed by atoms with Crippen molar-refractivity contribution in [1.82, 2.24) is 10.2 Å². The molecule has 0 saturated carbocycles. The summed E-state index contributed by atoms with van der Waals surface area (Å²) in [6.07, 6.45) is 3.52. The van der Waals surface area contributed by atoms with E-state index in [-0.39, 0.29) is 5.91 Å². The Hall–Kier alpha value is -0.830. The van der Waals surface area contributed by atoms with E-state index in [0.29, 0.717) is 5.41 Å². The molecule has 0 atom stereocenters. The highest BCUT2D eigenvalue weighted by Gasteiger charge is 2.31. The smallest absolute Gasteiger partial charge is 0.249 e. The minimum atomic E-state index is 0.264. The first kappa shape index (κ1) is 12.6. The molecule has 2 saturated heterocycles. The Morgan fingerprint density at radius 1 is 1.35 bits per heavy atom. The Bertz CT molecular complexity index is 332. The molecule has 0 bridgehead atoms. The maximum absolute atomic E-state index is 12.3. The molecule has 0 aromatic heterocycles. The third kappa shape index (κ3) is 2.54. The number of hydrogen-bond donors (Lipinski definition) is 1. The van der Waals surface area contributed by atoms with Crippen molar-refractivity contribution in [2.45, 2.75) is 40.0 Å². The molecular formula is C14H24N2O. The largest absolute Gasteiger partial charge is 0.339 e. The zero-order valence-electron chi connectivity index (χ0n) is 11.3. The van der Waals surface area contributed by atoms with E-state index in [2.05, 4.69) is 19.2 Å². The fourth-order valence-corrected chi connectivity index (χ4v) is 2.51. The second-order valence-corrected chi connectivity index (χ2v) is 5.79. The van der Waals surface area contributed by atoms with E-state index in [1.807, 2.05) is 11.8 Å². The highest BCUT2D eigenvalue weighted by atomic mass is 16.2. The van der Waals surface area contributed by atoms with E-state index >= 15 is 0 Å². The Morgan fingerprint density at radius 2 is 1.94 bits per heavy atom. The molecule has 3 heteroatoms. The second-order valence-electron chi connectivity index (χ2n) is 5.79. The molecule has 0 spiro atoms. The van der Waals surface area contributed by atoms with Crippen molar-refractivity contribution in [3.63, 3.8) is 0 Å². The van der Waals surface area contributed by atoms with Crippen LogP contribution in [0.25, 0.3) is 0 Å². The zero-order valence-corrected chi connectivity index (χ0v) is 11.3. The highest BCUT2D eigenvalue weighted by Crippen LogP contribution is 2.34. The van der Waals surface area contributed by atoms with E-state index in [9.17, 15) is 4.79 Å². The molecule has 1 amide bonds. The maximum atomic E-state index is 12.3. The molecule has 3 nitrogen and oxygen atoms in total. The number of piperidine rings is 1. The van der Waals surface area contributed by atoms with Gasteiger partial charge in [-0.2, -0.15) is 0 Å². The lowest BCUT2D eigenvalue weighted by molar-refractivity contribution is -0.129. The van der Waals surface area contributed by atoms with Gasteiger partial charge in [0.05, 0.1) is 0 Å². The molecule has 2 heterocycles. The van der Waals surface area contributed by atoms with E-state index < -0.39 is 0 Å². The average molecular weight is 236 g/mol. The summed E-state index contributed by atoms with van der Waals surface area (Å²) >= 11 is 0. The number of amides is 1. The van der Waals surface area contributed by atoms with Crippen molar-refractivity contribution < 1.29 is 4.79 Å². The lowest BCUT2D eigenvalue weighted by atomic mass is 9.78. The predicted molar refractivity (Wildman–Crippen MR) is 69.8 cm³/mol. The lowest BCUT2D eigenvalue weighted by Gasteiger charge is -2.39. The van der Waals surface area contributed by atoms with Gasteiger partial charge < -0.3 is 10.2 Å². The number of nitrogens with zero attached hydrogens (tertiary/aromatic N) is 1. The number of likely N-dealkylation sites (tertiary alicyclic amines) is 1. The summed E-state index contributed by atoms with van der Waals surface area (Å²) < 4.78 is 0. The van der Waals surface area contributed by atoms with Crippen molar-refractivity contribution in [3.05, 3.63) is 11.1 Å². The molecule has 0 aromatic rings. The van der Waals surface area contributed by atoms with Gasteiger partial charge in [-0.05, 0) is 30.8 Å². The molecule has 0 aromatic carbocycles. The van der Waals surface area contributed by atoms with Crippen molar-refractivity contribution in [3.8, 4) is 0 Å². The van der Waals surface area contributed by atoms with Crippen LogP contribution in [0, 0.1) is 5.41 Å². The summed E-state index contributed by atoms with van der Waals surface area (Å²) in [7, 11) is 0. The zero-order chi connectivity index (χ0) is 12.5. The molecule has 17 heavy (non-hydrogen) atoms. The van der Waals surface area contributed by atoms with Gasteiger partial charge in [-0.15, -0.1) is 0 Å². The van der Waals surface area contributed by atoms with Gasteiger partial charge >= 0.3 is 0 Å². The van der Waals surface area contributed by atoms with Crippen LogP contribution < -0.4 is 5.32 Å². The molecule has 2 aliphatic rings. The van der Waals surface area contributed by atoms with Crippen LogP contribution in [-0.4, -0.2) is 37.0 Å². The standard InChI is InChI=1S/C14H24N2O/c1-4-14(3)5-7-16(8-6-14)13(17)11(2)12-9-15-10-12/h15H,4-10H2,1-3H3. The van der Waals surface area contributed by atoms with Crippen molar-refractivity contribution in [1.29, 1.82) is 0 Å². The van der Waals surface area contributed by atoms with E-state index in [1.165, 1.54) is 12.0 Å². The molecule has 0 aliphatic carbocycles. The molecule has 1 N–H and O–H groups in total. The van der Waals surface area contributed by atoms with Crippen LogP contribution in [-0.2, 0) is 4.79 Å². The summed E-state index contributed by atoms with van der Waals surface area (Å²) in [5, 5.41) is 3.19. The molecule has 2 rings (SSSR count). The van der Waals surface area contributed by atoms with Crippen molar-refractivity contribution in [2.24, 2.45) is 5.41 Å². The SMILES string of the molecule is CCC1(C)CCN(C(=O)C(C)=C2CNC2)CC1. The molecular weight excluding hydrogens is 212 g/mol. The number of nitrogens with one attached hydrogen (secondary N) is 1. The highest BCUT2D eigenvalue weighted by molar-refractivity contribution is 5.94. The normalized spacial score (nSPS) is 23.2. The molecule has 2 aliphatic heterocycles. The van der Waals surface area contributed by atoms with Gasteiger partial charge in [0.25, 0.3) is 0 Å². The fourth-order valence-electron chi connectivity index (χ4n) is 2.51. The fraction of sp³-hybridized carbons (Fsp3) is 0.786. The van der Waals surface area contributed by atoms with Crippen molar-refractivity contribution in [2.75, 3.05) is 26.2 Å². The molecule has 0 unspecified atom stereocenters. The minimum absolute atomic E-state index is 0.264. The first-order valence-electron chi connectivity index (χ1n) is 6.74. The summed E-state index contributed by atoms with van der Waals surface area (Å²) in [5.41, 5.74) is 2.72. The van der Waals surface area contributed by atoms with Gasteiger partial charge in [-0.1, -0.05) is 20.3 Å². The Kier molecular flexibility index (Phi) is 3.57. The summed E-state index contributed by atoms with van der Waals surface area (Å²) in [4.78, 5) is 14.3. The second kappa shape index (κ2) is 4.81. The van der Waals surface area contributed by atoms with E-state index in [0.717, 1.165) is 44.6 Å². The average Bonchev–Trinajstić information content (AvgIpc) is 2.27. The van der Waals surface area contributed by atoms with Gasteiger partial charge in [0.15, 0.2) is 0 Å². The van der Waals surface area contributed by atoms with Gasteiger partial charge in [0.2, 0.25) is 5.91 Å². The Labute approximate surface area is 104 Å². The van der Waals surface area contributed by atoms with Crippen LogP contribution in [0.3, 0.4) is 0 Å². The molecule has 2 fully saturated rings. The topological polar surface area (TPSA) is 32.3 Å². The van der Waals surface area contributed by atoms with Crippen LogP contribution in [0.1, 0.15) is 40.0 Å². The molecule has 0 radical (unpaired) electrons. The third-order valence-corrected chi connectivity index (χ3v) is 4.64. The minimum Gasteiger partial charge on any atom is -0.339 e. The summed E-state index contributed by atoms with van der Waals surface area (Å²) in [5.74, 6) is 0.264. The van der Waals surface area contributed by atoms with Gasteiger partial charge in [0.1, 0.15) is 0 Å². The summed E-state index contributed by atoms with van der Waals surface area (Å²) in [6, 6.07) is 0. The summed E-state index contributed by atoms with van der Waals surface area (Å²) in [6.45, 7) is 10.2. The van der Waals surface area contributed by atoms with Crippen molar-refractivity contribution >= 4 is 5.91 Å². The quantitative estimate of drug-likeness (QED) is 0.743. The first-order chi connectivity index (χ1) is 8.06. The Balaban J connectivity index is 1.95. The van der Waals surface area contributed by atoms with Crippen LogP contribution in [0.2, 0.25) is 0 Å². The van der Waals surface area contributed by atoms with Crippen LogP contribution in [0.15, 0.2) is 11.1 Å². The van der Waals surface area contributed by atoms with E-state index in [1.54, 1.807) is 0 Å². The molecule has 96 valence electrons. The monoisotopic (exact) mass is 236 g/mol. The maximum Gasteiger partial charge on any atom is 0.249 e. The Morgan fingerprint density at radius 3 is 2.35 bits per heavy atom. The number of carbonyl (C=O) groups is 1.